The molecule has 1 heteroatoms. The maximum Gasteiger partial charge on any atom is 0.0267 e. The van der Waals surface area contributed by atoms with Gasteiger partial charge in [0.25, 0.3) is 0 Å². The van der Waals surface area contributed by atoms with Crippen LogP contribution in [-0.2, 0) is 0 Å². The highest BCUT2D eigenvalue weighted by Crippen LogP contribution is 2.01. The van der Waals surface area contributed by atoms with Gasteiger partial charge in [-0.3, -0.25) is 4.99 Å². The summed E-state index contributed by atoms with van der Waals surface area (Å²) < 4.78 is 0. The van der Waals surface area contributed by atoms with E-state index in [9.17, 15) is 0 Å². The summed E-state index contributed by atoms with van der Waals surface area (Å²) in [5, 5.41) is 0. The van der Waals surface area contributed by atoms with Gasteiger partial charge >= 0.3 is 0 Å². The highest BCUT2D eigenvalue weighted by molar-refractivity contribution is 5.73. The second-order valence-electron chi connectivity index (χ2n) is 1.90. The quantitative estimate of drug-likeness (QED) is 0.517. The lowest BCUT2D eigenvalue weighted by molar-refractivity contribution is 1.22. The van der Waals surface area contributed by atoms with Gasteiger partial charge in [0.2, 0.25) is 0 Å². The number of rotatable bonds is 0. The predicted octanol–water partition coefficient (Wildman–Crippen LogP) is 3.97. The van der Waals surface area contributed by atoms with Gasteiger partial charge in [-0.15, -0.1) is 0 Å². The molecule has 0 unspecified atom stereocenters. The fourth-order valence-electron chi connectivity index (χ4n) is 0.587. The number of aliphatic imine (C=N–C) groups is 1. The van der Waals surface area contributed by atoms with Crippen molar-refractivity contribution in [1.82, 2.24) is 0 Å². The van der Waals surface area contributed by atoms with Gasteiger partial charge in [-0.05, 0) is 19.4 Å². The van der Waals surface area contributed by atoms with E-state index in [0.717, 1.165) is 6.42 Å². The van der Waals surface area contributed by atoms with E-state index in [1.807, 2.05) is 46.2 Å². The number of allylic oxidation sites excluding steroid dienone is 3. The van der Waals surface area contributed by atoms with E-state index in [-0.39, 0.29) is 0 Å². The third-order valence-electron chi connectivity index (χ3n) is 1.08. The third-order valence-corrected chi connectivity index (χ3v) is 1.08. The largest absolute Gasteiger partial charge is 0.265 e. The Hall–Kier alpha value is -0.850. The van der Waals surface area contributed by atoms with Crippen molar-refractivity contribution in [2.24, 2.45) is 4.99 Å². The van der Waals surface area contributed by atoms with Crippen molar-refractivity contribution in [2.45, 2.75) is 41.0 Å². The Balaban J connectivity index is 0. The van der Waals surface area contributed by atoms with E-state index in [4.69, 9.17) is 0 Å². The van der Waals surface area contributed by atoms with Gasteiger partial charge in [0, 0.05) is 12.4 Å². The first kappa shape index (κ1) is 13.7. The molecule has 12 heavy (non-hydrogen) atoms. The lowest BCUT2D eigenvalue weighted by atomic mass is 10.2. The van der Waals surface area contributed by atoms with Gasteiger partial charge in [0.05, 0.1) is 0 Å². The summed E-state index contributed by atoms with van der Waals surface area (Å²) in [6, 6.07) is 0. The van der Waals surface area contributed by atoms with Crippen LogP contribution in [0.2, 0.25) is 0 Å². The summed E-state index contributed by atoms with van der Waals surface area (Å²) >= 11 is 0. The Morgan fingerprint density at radius 1 is 1.17 bits per heavy atom. The Morgan fingerprint density at radius 3 is 2.33 bits per heavy atom. The first-order valence-corrected chi connectivity index (χ1v) is 4.73. The molecular formula is C11H21N. The highest BCUT2D eigenvalue weighted by atomic mass is 14.7. The van der Waals surface area contributed by atoms with E-state index < -0.39 is 0 Å². The molecule has 0 aromatic rings. The van der Waals surface area contributed by atoms with Crippen molar-refractivity contribution in [3.8, 4) is 0 Å². The topological polar surface area (TPSA) is 12.4 Å². The summed E-state index contributed by atoms with van der Waals surface area (Å²) in [5.74, 6) is 0. The molecule has 0 aromatic heterocycles. The van der Waals surface area contributed by atoms with Crippen LogP contribution in [0.25, 0.3) is 0 Å². The molecule has 70 valence electrons. The van der Waals surface area contributed by atoms with Gasteiger partial charge in [-0.1, -0.05) is 39.3 Å². The monoisotopic (exact) mass is 167 g/mol. The van der Waals surface area contributed by atoms with Crippen LogP contribution >= 0.6 is 0 Å². The molecule has 0 fully saturated rings. The zero-order chi connectivity index (χ0) is 9.82. The van der Waals surface area contributed by atoms with Gasteiger partial charge < -0.3 is 0 Å². The molecule has 1 aliphatic rings. The average molecular weight is 167 g/mol. The SMILES string of the molecule is CC.CC.CC1=CC=NC=CC1. The summed E-state index contributed by atoms with van der Waals surface area (Å²) in [4.78, 5) is 3.94. The van der Waals surface area contributed by atoms with Gasteiger partial charge in [-0.25, -0.2) is 0 Å². The van der Waals surface area contributed by atoms with Crippen LogP contribution in [0.15, 0.2) is 28.9 Å². The summed E-state index contributed by atoms with van der Waals surface area (Å²) in [5.41, 5.74) is 1.36. The van der Waals surface area contributed by atoms with Gasteiger partial charge in [-0.2, -0.15) is 0 Å². The van der Waals surface area contributed by atoms with Crippen LogP contribution in [-0.4, -0.2) is 6.21 Å². The Labute approximate surface area is 76.9 Å². The second-order valence-corrected chi connectivity index (χ2v) is 1.90. The molecular weight excluding hydrogens is 146 g/mol. The smallest absolute Gasteiger partial charge is 0.0267 e. The molecule has 0 aliphatic carbocycles. The maximum atomic E-state index is 3.94. The van der Waals surface area contributed by atoms with Gasteiger partial charge in [0.15, 0.2) is 0 Å². The standard InChI is InChI=1S/C7H9N.2C2H6/c1-7-3-2-5-8-6-4-7;2*1-2/h2,4-6H,3H2,1H3;2*1-2H3. The van der Waals surface area contributed by atoms with Crippen molar-refractivity contribution in [3.63, 3.8) is 0 Å². The summed E-state index contributed by atoms with van der Waals surface area (Å²) in [6.45, 7) is 10.1. The number of nitrogens with zero attached hydrogens (tertiary/aromatic N) is 1. The fraction of sp³-hybridized carbons (Fsp3) is 0.545. The lowest BCUT2D eigenvalue weighted by Gasteiger charge is -1.85. The minimum Gasteiger partial charge on any atom is -0.265 e. The van der Waals surface area contributed by atoms with Crippen LogP contribution in [0, 0.1) is 0 Å². The van der Waals surface area contributed by atoms with Crippen molar-refractivity contribution in [1.29, 1.82) is 0 Å². The zero-order valence-electron chi connectivity index (χ0n) is 8.96. The number of hydrogen-bond donors (Lipinski definition) is 0. The molecule has 0 atom stereocenters. The molecule has 0 saturated carbocycles. The van der Waals surface area contributed by atoms with Crippen LogP contribution in [0.4, 0.5) is 0 Å². The normalized spacial score (nSPS) is 12.9. The van der Waals surface area contributed by atoms with Gasteiger partial charge in [0.1, 0.15) is 0 Å². The molecule has 0 radical (unpaired) electrons. The average Bonchev–Trinajstić information content (AvgIpc) is 2.40. The molecule has 0 saturated heterocycles. The fourth-order valence-corrected chi connectivity index (χ4v) is 0.587. The summed E-state index contributed by atoms with van der Waals surface area (Å²) in [7, 11) is 0. The number of hydrogen-bond acceptors (Lipinski definition) is 1. The molecule has 0 N–H and O–H groups in total. The highest BCUT2D eigenvalue weighted by Gasteiger charge is 1.83. The van der Waals surface area contributed by atoms with E-state index in [1.165, 1.54) is 5.57 Å². The third kappa shape index (κ3) is 9.15. The second kappa shape index (κ2) is 12.8. The predicted molar refractivity (Wildman–Crippen MR) is 58.7 cm³/mol. The van der Waals surface area contributed by atoms with Crippen molar-refractivity contribution < 1.29 is 0 Å². The molecule has 1 aliphatic heterocycles. The molecule has 0 amide bonds. The van der Waals surface area contributed by atoms with Crippen molar-refractivity contribution in [2.75, 3.05) is 0 Å². The minimum absolute atomic E-state index is 1.04. The molecule has 0 spiro atoms. The van der Waals surface area contributed by atoms with Crippen LogP contribution < -0.4 is 0 Å². The first-order chi connectivity index (χ1) is 5.89. The molecule has 1 heterocycles. The van der Waals surface area contributed by atoms with E-state index in [0.29, 0.717) is 0 Å². The van der Waals surface area contributed by atoms with E-state index >= 15 is 0 Å². The van der Waals surface area contributed by atoms with Crippen molar-refractivity contribution in [3.05, 3.63) is 23.9 Å². The molecule has 0 bridgehead atoms. The molecule has 1 rings (SSSR count). The summed E-state index contributed by atoms with van der Waals surface area (Å²) in [6.07, 6.45) is 8.77. The first-order valence-electron chi connectivity index (χ1n) is 4.73. The van der Waals surface area contributed by atoms with Crippen molar-refractivity contribution >= 4 is 6.21 Å². The Kier molecular flexibility index (Phi) is 14.6. The molecule has 1 nitrogen and oxygen atoms in total. The van der Waals surface area contributed by atoms with Crippen LogP contribution in [0.5, 0.6) is 0 Å². The minimum atomic E-state index is 1.04. The zero-order valence-corrected chi connectivity index (χ0v) is 8.96. The molecule has 0 aromatic carbocycles. The van der Waals surface area contributed by atoms with E-state index in [1.54, 1.807) is 0 Å². The Bertz CT molecular complexity index is 152. The van der Waals surface area contributed by atoms with Crippen LogP contribution in [0.3, 0.4) is 0 Å². The van der Waals surface area contributed by atoms with E-state index in [2.05, 4.69) is 18.0 Å². The Morgan fingerprint density at radius 2 is 1.75 bits per heavy atom. The lowest BCUT2D eigenvalue weighted by Crippen LogP contribution is -1.69. The maximum absolute atomic E-state index is 3.94. The van der Waals surface area contributed by atoms with Crippen LogP contribution in [0.1, 0.15) is 41.0 Å².